The normalized spacial score (nSPS) is 21.5. The molecule has 0 spiro atoms. The molecule has 0 radical (unpaired) electrons. The summed E-state index contributed by atoms with van der Waals surface area (Å²) in [7, 11) is 0. The molecule has 0 unspecified atom stereocenters. The molecule has 2 aromatic rings. The number of likely N-dealkylation sites (tertiary alicyclic amines) is 1. The molecule has 6 heteroatoms. The van der Waals surface area contributed by atoms with Crippen LogP contribution in [-0.4, -0.2) is 37.0 Å². The van der Waals surface area contributed by atoms with Crippen molar-refractivity contribution in [1.82, 2.24) is 4.90 Å². The van der Waals surface area contributed by atoms with Crippen molar-refractivity contribution in [2.75, 3.05) is 31.1 Å². The van der Waals surface area contributed by atoms with E-state index in [1.54, 1.807) is 29.2 Å². The topological polar surface area (TPSA) is 23.6 Å². The first-order valence-corrected chi connectivity index (χ1v) is 11.9. The Morgan fingerprint density at radius 2 is 1.81 bits per heavy atom. The number of carbonyl (C=O) groups excluding carboxylic acids is 1. The van der Waals surface area contributed by atoms with E-state index in [1.165, 1.54) is 18.9 Å². The number of amides is 1. The van der Waals surface area contributed by atoms with Gasteiger partial charge in [-0.05, 0) is 68.5 Å². The maximum absolute atomic E-state index is 14.2. The van der Waals surface area contributed by atoms with Gasteiger partial charge in [-0.25, -0.2) is 4.39 Å². The minimum absolute atomic E-state index is 0.00792. The van der Waals surface area contributed by atoms with Crippen LogP contribution in [-0.2, 0) is 11.2 Å². The van der Waals surface area contributed by atoms with Crippen LogP contribution in [0.5, 0.6) is 0 Å². The largest absolute Gasteiger partial charge is 0.309 e. The Kier molecular flexibility index (Phi) is 7.40. The molecule has 32 heavy (non-hydrogen) atoms. The van der Waals surface area contributed by atoms with Crippen molar-refractivity contribution in [2.45, 2.75) is 32.6 Å². The Morgan fingerprint density at radius 3 is 2.50 bits per heavy atom. The van der Waals surface area contributed by atoms with Crippen molar-refractivity contribution >= 4 is 34.8 Å². The number of nitrogens with zero attached hydrogens (tertiary/aromatic N) is 2. The van der Waals surface area contributed by atoms with Gasteiger partial charge in [-0.15, -0.1) is 0 Å². The maximum Gasteiger partial charge on any atom is 0.229 e. The van der Waals surface area contributed by atoms with Crippen LogP contribution in [0.1, 0.15) is 37.3 Å². The van der Waals surface area contributed by atoms with Crippen molar-refractivity contribution in [3.63, 3.8) is 0 Å². The fourth-order valence-electron chi connectivity index (χ4n) is 4.70. The zero-order chi connectivity index (χ0) is 22.7. The zero-order valence-corrected chi connectivity index (χ0v) is 19.7. The second kappa shape index (κ2) is 10.3. The Morgan fingerprint density at radius 1 is 1.12 bits per heavy atom. The van der Waals surface area contributed by atoms with Crippen LogP contribution in [0.4, 0.5) is 10.1 Å². The molecule has 2 atom stereocenters. The monoisotopic (exact) mass is 472 g/mol. The Labute approximate surface area is 199 Å². The molecule has 2 aliphatic heterocycles. The van der Waals surface area contributed by atoms with E-state index in [1.807, 2.05) is 13.0 Å². The number of hydrogen-bond acceptors (Lipinski definition) is 2. The standard InChI is InChI=1S/C26H27Cl2FN2O/c1-18-13-20(14-21-8-2-3-9-24(21)29)17-31(26(18)32)25-22(27)15-19(16-23(25)28)7-6-12-30-10-4-5-11-30/h2-3,8-9,15-16,18,20H,4-5,10-14,17H2,1H3/t18-,20-/m1/s1. The molecule has 2 fully saturated rings. The molecule has 0 bridgehead atoms. The summed E-state index contributed by atoms with van der Waals surface area (Å²) < 4.78 is 14.2. The lowest BCUT2D eigenvalue weighted by molar-refractivity contribution is -0.124. The average Bonchev–Trinajstić information content (AvgIpc) is 3.26. The van der Waals surface area contributed by atoms with Gasteiger partial charge in [-0.2, -0.15) is 0 Å². The van der Waals surface area contributed by atoms with Crippen LogP contribution in [0.15, 0.2) is 36.4 Å². The third-order valence-electron chi connectivity index (χ3n) is 6.30. The van der Waals surface area contributed by atoms with Gasteiger partial charge in [0.25, 0.3) is 0 Å². The summed E-state index contributed by atoms with van der Waals surface area (Å²) in [5.41, 5.74) is 1.93. The molecule has 2 saturated heterocycles. The van der Waals surface area contributed by atoms with Gasteiger partial charge in [-0.3, -0.25) is 9.69 Å². The van der Waals surface area contributed by atoms with Crippen LogP contribution in [0.3, 0.4) is 0 Å². The summed E-state index contributed by atoms with van der Waals surface area (Å²) in [5, 5.41) is 0.824. The molecule has 168 valence electrons. The van der Waals surface area contributed by atoms with Gasteiger partial charge in [0.2, 0.25) is 5.91 Å². The van der Waals surface area contributed by atoms with E-state index in [0.29, 0.717) is 40.7 Å². The van der Waals surface area contributed by atoms with Gasteiger partial charge in [0.1, 0.15) is 5.82 Å². The lowest BCUT2D eigenvalue weighted by atomic mass is 9.85. The molecule has 0 N–H and O–H groups in total. The minimum atomic E-state index is -0.212. The summed E-state index contributed by atoms with van der Waals surface area (Å²) in [6.45, 7) is 5.29. The Balaban J connectivity index is 1.53. The number of halogens is 3. The molecule has 0 aromatic heterocycles. The molecule has 2 aromatic carbocycles. The van der Waals surface area contributed by atoms with E-state index in [0.717, 1.165) is 25.2 Å². The molecule has 2 aliphatic rings. The van der Waals surface area contributed by atoms with E-state index in [-0.39, 0.29) is 23.6 Å². The quantitative estimate of drug-likeness (QED) is 0.524. The molecule has 0 aliphatic carbocycles. The third kappa shape index (κ3) is 5.29. The first kappa shape index (κ1) is 23.1. The van der Waals surface area contributed by atoms with Crippen LogP contribution in [0.2, 0.25) is 10.0 Å². The molecular weight excluding hydrogens is 446 g/mol. The van der Waals surface area contributed by atoms with E-state index < -0.39 is 0 Å². The van der Waals surface area contributed by atoms with Crippen molar-refractivity contribution in [3.05, 3.63) is 63.4 Å². The summed E-state index contributed by atoms with van der Waals surface area (Å²) in [6, 6.07) is 10.4. The highest BCUT2D eigenvalue weighted by molar-refractivity contribution is 6.40. The summed E-state index contributed by atoms with van der Waals surface area (Å²) >= 11 is 13.2. The van der Waals surface area contributed by atoms with Gasteiger partial charge in [0, 0.05) is 18.0 Å². The molecule has 0 saturated carbocycles. The first-order valence-electron chi connectivity index (χ1n) is 11.2. The second-order valence-corrected chi connectivity index (χ2v) is 9.64. The fourth-order valence-corrected chi connectivity index (χ4v) is 5.39. The van der Waals surface area contributed by atoms with E-state index in [4.69, 9.17) is 23.2 Å². The highest BCUT2D eigenvalue weighted by atomic mass is 35.5. The number of benzene rings is 2. The predicted octanol–water partition coefficient (Wildman–Crippen LogP) is 5.81. The van der Waals surface area contributed by atoms with E-state index in [9.17, 15) is 9.18 Å². The molecular formula is C26H27Cl2FN2O. The van der Waals surface area contributed by atoms with Crippen LogP contribution >= 0.6 is 23.2 Å². The van der Waals surface area contributed by atoms with Crippen molar-refractivity contribution in [2.24, 2.45) is 11.8 Å². The summed E-state index contributed by atoms with van der Waals surface area (Å²) in [5.74, 6) is 6.05. The van der Waals surface area contributed by atoms with Crippen LogP contribution in [0.25, 0.3) is 0 Å². The maximum atomic E-state index is 14.2. The van der Waals surface area contributed by atoms with Crippen LogP contribution in [0, 0.1) is 29.5 Å². The van der Waals surface area contributed by atoms with Gasteiger partial charge >= 0.3 is 0 Å². The zero-order valence-electron chi connectivity index (χ0n) is 18.2. The highest BCUT2D eigenvalue weighted by Gasteiger charge is 2.34. The highest BCUT2D eigenvalue weighted by Crippen LogP contribution is 2.39. The van der Waals surface area contributed by atoms with Crippen molar-refractivity contribution < 1.29 is 9.18 Å². The smallest absolute Gasteiger partial charge is 0.229 e. The molecule has 3 nitrogen and oxygen atoms in total. The number of carbonyl (C=O) groups is 1. The first-order chi connectivity index (χ1) is 15.4. The van der Waals surface area contributed by atoms with Gasteiger partial charge < -0.3 is 4.90 Å². The summed E-state index contributed by atoms with van der Waals surface area (Å²) in [6.07, 6.45) is 3.73. The predicted molar refractivity (Wildman–Crippen MR) is 129 cm³/mol. The molecule has 1 amide bonds. The number of rotatable bonds is 4. The van der Waals surface area contributed by atoms with Gasteiger partial charge in [0.15, 0.2) is 0 Å². The van der Waals surface area contributed by atoms with E-state index in [2.05, 4.69) is 16.7 Å². The second-order valence-electron chi connectivity index (χ2n) is 8.82. The average molecular weight is 473 g/mol. The van der Waals surface area contributed by atoms with Gasteiger partial charge in [-0.1, -0.05) is 60.2 Å². The third-order valence-corrected chi connectivity index (χ3v) is 6.88. The lowest BCUT2D eigenvalue weighted by Gasteiger charge is -2.37. The molecule has 2 heterocycles. The van der Waals surface area contributed by atoms with Crippen molar-refractivity contribution in [3.8, 4) is 11.8 Å². The fraction of sp³-hybridized carbons (Fsp3) is 0.423. The van der Waals surface area contributed by atoms with Gasteiger partial charge in [0.05, 0.1) is 22.3 Å². The SMILES string of the molecule is C[C@@H]1C[C@H](Cc2ccccc2F)CN(c2c(Cl)cc(C#CCN3CCCC3)cc2Cl)C1=O. The lowest BCUT2D eigenvalue weighted by Crippen LogP contribution is -2.45. The Bertz CT molecular complexity index is 1030. The number of anilines is 1. The summed E-state index contributed by atoms with van der Waals surface area (Å²) in [4.78, 5) is 17.0. The Hall–Kier alpha value is -2.06. The number of hydrogen-bond donors (Lipinski definition) is 0. The van der Waals surface area contributed by atoms with E-state index >= 15 is 0 Å². The van der Waals surface area contributed by atoms with Crippen molar-refractivity contribution in [1.29, 1.82) is 0 Å². The number of piperidine rings is 1. The van der Waals surface area contributed by atoms with Crippen LogP contribution < -0.4 is 4.90 Å². The minimum Gasteiger partial charge on any atom is -0.309 e. The molecule has 4 rings (SSSR count).